The topological polar surface area (TPSA) is 97.7 Å². The maximum absolute atomic E-state index is 11.4. The molecule has 0 rings (SSSR count). The lowest BCUT2D eigenvalue weighted by molar-refractivity contribution is -0.162. The second-order valence-electron chi connectivity index (χ2n) is 8.13. The molecule has 0 aromatic heterocycles. The number of esters is 2. The van der Waals surface area contributed by atoms with E-state index in [-0.39, 0.29) is 6.42 Å². The summed E-state index contributed by atoms with van der Waals surface area (Å²) in [5.41, 5.74) is 0. The summed E-state index contributed by atoms with van der Waals surface area (Å²) < 4.78 is 4.41. The fourth-order valence-electron chi connectivity index (χ4n) is 3.19. The van der Waals surface area contributed by atoms with Crippen LogP contribution in [0, 0.1) is 0 Å². The van der Waals surface area contributed by atoms with E-state index < -0.39 is 30.1 Å². The first kappa shape index (κ1) is 29.8. The average molecular weight is 451 g/mol. The Morgan fingerprint density at radius 3 is 1.53 bits per heavy atom. The zero-order valence-corrected chi connectivity index (χ0v) is 19.8. The molecule has 0 saturated carbocycles. The molecule has 0 aliphatic heterocycles. The van der Waals surface area contributed by atoms with E-state index >= 15 is 0 Å². The highest BCUT2D eigenvalue weighted by Crippen LogP contribution is 2.10. The molecule has 182 valence electrons. The molecule has 0 aliphatic rings. The van der Waals surface area contributed by atoms with Gasteiger partial charge in [-0.3, -0.25) is 14.4 Å². The van der Waals surface area contributed by atoms with Crippen LogP contribution in [-0.2, 0) is 23.9 Å². The monoisotopic (exact) mass is 450 g/mol. The quantitative estimate of drug-likeness (QED) is 0.0707. The van der Waals surface area contributed by atoms with Gasteiger partial charge in [0.1, 0.15) is 6.42 Å². The van der Waals surface area contributed by atoms with Gasteiger partial charge < -0.3 is 9.84 Å². The van der Waals surface area contributed by atoms with Crippen molar-refractivity contribution >= 4 is 23.7 Å². The zero-order chi connectivity index (χ0) is 23.9. The summed E-state index contributed by atoms with van der Waals surface area (Å²) in [6.07, 6.45) is 25.7. The van der Waals surface area contributed by atoms with Gasteiger partial charge in [-0.15, -0.1) is 0 Å². The number of ketones is 1. The predicted octanol–water partition coefficient (Wildman–Crippen LogP) is 6.47. The molecule has 0 bridgehead atoms. The lowest BCUT2D eigenvalue weighted by Crippen LogP contribution is -2.20. The van der Waals surface area contributed by atoms with Crippen molar-refractivity contribution in [1.29, 1.82) is 0 Å². The van der Waals surface area contributed by atoms with Gasteiger partial charge in [-0.1, -0.05) is 82.6 Å². The number of carboxylic acids is 1. The minimum absolute atomic E-state index is 0.0237. The number of carbonyl (C=O) groups excluding carboxylic acids is 3. The molecule has 0 atom stereocenters. The van der Waals surface area contributed by atoms with Gasteiger partial charge in [-0.2, -0.15) is 0 Å². The lowest BCUT2D eigenvalue weighted by atomic mass is 10.1. The number of ether oxygens (including phenoxy) is 1. The van der Waals surface area contributed by atoms with E-state index in [1.165, 1.54) is 77.0 Å². The fourth-order valence-corrected chi connectivity index (χ4v) is 3.19. The van der Waals surface area contributed by atoms with Crippen LogP contribution >= 0.6 is 0 Å². The summed E-state index contributed by atoms with van der Waals surface area (Å²) in [5, 5.41) is 8.39. The molecule has 0 aromatic rings. The number of carboxylic acid groups (broad SMARTS) is 1. The van der Waals surface area contributed by atoms with E-state index in [0.717, 1.165) is 12.8 Å². The summed E-state index contributed by atoms with van der Waals surface area (Å²) in [5.74, 6) is -4.88. The van der Waals surface area contributed by atoms with Crippen LogP contribution in [0.1, 0.15) is 116 Å². The third-order valence-corrected chi connectivity index (χ3v) is 5.09. The van der Waals surface area contributed by atoms with E-state index in [4.69, 9.17) is 5.11 Å². The van der Waals surface area contributed by atoms with Crippen molar-refractivity contribution in [2.45, 2.75) is 116 Å². The minimum Gasteiger partial charge on any atom is -0.475 e. The fraction of sp³-hybridized carbons (Fsp3) is 0.692. The number of unbranched alkanes of at least 4 members (excludes halogenated alkanes) is 12. The molecule has 0 unspecified atom stereocenters. The Balaban J connectivity index is 3.44. The van der Waals surface area contributed by atoms with Gasteiger partial charge in [0.15, 0.2) is 0 Å². The average Bonchev–Trinajstić information content (AvgIpc) is 2.75. The van der Waals surface area contributed by atoms with E-state index in [2.05, 4.69) is 23.8 Å². The van der Waals surface area contributed by atoms with Crippen LogP contribution in [0.2, 0.25) is 0 Å². The summed E-state index contributed by atoms with van der Waals surface area (Å²) in [6.45, 7) is 2.25. The molecule has 0 aliphatic carbocycles. The molecule has 0 radical (unpaired) electrons. The molecule has 6 heteroatoms. The summed E-state index contributed by atoms with van der Waals surface area (Å²) >= 11 is 0. The van der Waals surface area contributed by atoms with Crippen molar-refractivity contribution in [3.8, 4) is 0 Å². The number of hydrogen-bond acceptors (Lipinski definition) is 5. The Morgan fingerprint density at radius 1 is 0.625 bits per heavy atom. The highest BCUT2D eigenvalue weighted by atomic mass is 16.6. The third-order valence-electron chi connectivity index (χ3n) is 5.09. The smallest absolute Gasteiger partial charge is 0.372 e. The molecule has 0 saturated heterocycles. The number of hydrogen-bond donors (Lipinski definition) is 1. The maximum Gasteiger partial charge on any atom is 0.372 e. The van der Waals surface area contributed by atoms with E-state index in [9.17, 15) is 19.2 Å². The van der Waals surface area contributed by atoms with Crippen LogP contribution in [0.25, 0.3) is 0 Å². The molecular weight excluding hydrogens is 408 g/mol. The van der Waals surface area contributed by atoms with Crippen molar-refractivity contribution in [3.05, 3.63) is 24.3 Å². The van der Waals surface area contributed by atoms with Crippen LogP contribution in [0.5, 0.6) is 0 Å². The third kappa shape index (κ3) is 21.0. The van der Waals surface area contributed by atoms with Crippen molar-refractivity contribution in [1.82, 2.24) is 0 Å². The Labute approximate surface area is 193 Å². The molecule has 32 heavy (non-hydrogen) atoms. The number of rotatable bonds is 21. The van der Waals surface area contributed by atoms with Crippen LogP contribution in [0.4, 0.5) is 0 Å². The van der Waals surface area contributed by atoms with E-state index in [1.54, 1.807) is 0 Å². The molecule has 0 amide bonds. The van der Waals surface area contributed by atoms with Crippen LogP contribution < -0.4 is 0 Å². The van der Waals surface area contributed by atoms with E-state index in [1.807, 2.05) is 12.2 Å². The lowest BCUT2D eigenvalue weighted by Gasteiger charge is -2.00. The number of allylic oxidation sites excluding steroid dienone is 4. The number of aliphatic carboxylic acids is 1. The van der Waals surface area contributed by atoms with Crippen molar-refractivity contribution in [3.63, 3.8) is 0 Å². The molecule has 6 nitrogen and oxygen atoms in total. The van der Waals surface area contributed by atoms with Gasteiger partial charge in [0.2, 0.25) is 0 Å². The minimum atomic E-state index is -1.71. The van der Waals surface area contributed by atoms with Crippen molar-refractivity contribution in [2.24, 2.45) is 0 Å². The first-order valence-electron chi connectivity index (χ1n) is 12.3. The molecule has 0 heterocycles. The Morgan fingerprint density at radius 2 is 1.06 bits per heavy atom. The zero-order valence-electron chi connectivity index (χ0n) is 19.8. The molecular formula is C26H42O6. The normalized spacial score (nSPS) is 11.3. The van der Waals surface area contributed by atoms with Gasteiger partial charge in [-0.05, 0) is 44.9 Å². The summed E-state index contributed by atoms with van der Waals surface area (Å²) in [4.78, 5) is 43.8. The van der Waals surface area contributed by atoms with Crippen molar-refractivity contribution in [2.75, 3.05) is 0 Å². The van der Waals surface area contributed by atoms with Gasteiger partial charge in [0.05, 0.1) is 0 Å². The first-order valence-corrected chi connectivity index (χ1v) is 12.3. The van der Waals surface area contributed by atoms with Crippen LogP contribution in [0.3, 0.4) is 0 Å². The van der Waals surface area contributed by atoms with Gasteiger partial charge >= 0.3 is 17.9 Å². The SMILES string of the molecule is CCCCCCCCC=CCCCCCCCC=CCCC(=O)OC(=O)CC(=O)C(=O)O. The predicted molar refractivity (Wildman–Crippen MR) is 126 cm³/mol. The maximum atomic E-state index is 11.4. The van der Waals surface area contributed by atoms with Crippen molar-refractivity contribution < 1.29 is 29.0 Å². The first-order chi connectivity index (χ1) is 15.5. The number of Topliss-reactive ketones (excluding diaryl/α,β-unsaturated/α-hetero) is 1. The second kappa shape index (κ2) is 22.0. The highest BCUT2D eigenvalue weighted by molar-refractivity contribution is 6.36. The van der Waals surface area contributed by atoms with Gasteiger partial charge in [-0.25, -0.2) is 4.79 Å². The Hall–Kier alpha value is -2.24. The Kier molecular flexibility index (Phi) is 20.4. The number of carbonyl (C=O) groups is 4. The Bertz CT molecular complexity index is 591. The summed E-state index contributed by atoms with van der Waals surface area (Å²) in [7, 11) is 0. The summed E-state index contributed by atoms with van der Waals surface area (Å²) in [6, 6.07) is 0. The molecule has 0 fully saturated rings. The van der Waals surface area contributed by atoms with E-state index in [0.29, 0.717) is 6.42 Å². The molecule has 0 spiro atoms. The molecule has 1 N–H and O–H groups in total. The highest BCUT2D eigenvalue weighted by Gasteiger charge is 2.19. The van der Waals surface area contributed by atoms with Crippen LogP contribution in [-0.4, -0.2) is 28.8 Å². The largest absolute Gasteiger partial charge is 0.475 e. The standard InChI is InChI=1S/C26H42O6/c1-2-3-4-5-6-7-8-9-10-11-12-13-14-15-16-17-18-19-20-21-24(28)32-25(29)22-23(27)26(30)31/h9-10,18-19H,2-8,11-17,20-22H2,1H3,(H,30,31). The van der Waals surface area contributed by atoms with Crippen LogP contribution in [0.15, 0.2) is 24.3 Å². The second-order valence-corrected chi connectivity index (χ2v) is 8.13. The van der Waals surface area contributed by atoms with Gasteiger partial charge in [0.25, 0.3) is 5.78 Å². The molecule has 0 aromatic carbocycles. The van der Waals surface area contributed by atoms with Gasteiger partial charge in [0, 0.05) is 6.42 Å².